The van der Waals surface area contributed by atoms with E-state index in [0.29, 0.717) is 11.7 Å². The van der Waals surface area contributed by atoms with Crippen LogP contribution in [-0.4, -0.2) is 24.7 Å². The van der Waals surface area contributed by atoms with E-state index in [9.17, 15) is 0 Å². The highest BCUT2D eigenvalue weighted by Gasteiger charge is 2.25. The molecule has 1 saturated carbocycles. The number of hydrogen-bond acceptors (Lipinski definition) is 4. The fourth-order valence-corrected chi connectivity index (χ4v) is 2.16. The second-order valence-corrected chi connectivity index (χ2v) is 4.67. The van der Waals surface area contributed by atoms with Crippen molar-refractivity contribution < 1.29 is 0 Å². The minimum atomic E-state index is 0.488. The van der Waals surface area contributed by atoms with E-state index in [4.69, 9.17) is 5.73 Å². The summed E-state index contributed by atoms with van der Waals surface area (Å²) < 4.78 is 1.93. The zero-order valence-corrected chi connectivity index (χ0v) is 9.67. The van der Waals surface area contributed by atoms with Crippen LogP contribution in [0.1, 0.15) is 24.5 Å². The van der Waals surface area contributed by atoms with E-state index in [1.807, 2.05) is 10.6 Å². The highest BCUT2D eigenvalue weighted by atomic mass is 15.2. The van der Waals surface area contributed by atoms with Crippen LogP contribution >= 0.6 is 0 Å². The van der Waals surface area contributed by atoms with Crippen molar-refractivity contribution >= 4 is 16.9 Å². The van der Waals surface area contributed by atoms with Crippen LogP contribution < -0.4 is 5.73 Å². The van der Waals surface area contributed by atoms with Crippen molar-refractivity contribution in [2.75, 3.05) is 5.73 Å². The van der Waals surface area contributed by atoms with E-state index in [1.54, 1.807) is 12.5 Å². The lowest BCUT2D eigenvalue weighted by atomic mass is 10.3. The topological polar surface area (TPSA) is 85.4 Å². The van der Waals surface area contributed by atoms with Gasteiger partial charge in [0.2, 0.25) is 0 Å². The number of anilines is 1. The largest absolute Gasteiger partial charge is 0.384 e. The molecular weight excluding hydrogens is 228 g/mol. The molecule has 3 heterocycles. The van der Waals surface area contributed by atoms with Crippen molar-refractivity contribution in [1.82, 2.24) is 24.7 Å². The molecule has 0 amide bonds. The number of aromatic amines is 1. The van der Waals surface area contributed by atoms with Gasteiger partial charge in [0.05, 0.1) is 11.7 Å². The molecule has 1 fully saturated rings. The van der Waals surface area contributed by atoms with Gasteiger partial charge in [0.15, 0.2) is 5.82 Å². The quantitative estimate of drug-likeness (QED) is 0.712. The van der Waals surface area contributed by atoms with Crippen molar-refractivity contribution in [2.24, 2.45) is 0 Å². The molecule has 90 valence electrons. The van der Waals surface area contributed by atoms with Crippen molar-refractivity contribution in [2.45, 2.75) is 18.8 Å². The van der Waals surface area contributed by atoms with E-state index in [0.717, 1.165) is 16.9 Å². The number of fused-ring (bicyclic) bond motifs is 1. The lowest BCUT2D eigenvalue weighted by Crippen LogP contribution is -1.94. The van der Waals surface area contributed by atoms with Crippen LogP contribution in [0.4, 0.5) is 5.82 Å². The molecule has 18 heavy (non-hydrogen) atoms. The summed E-state index contributed by atoms with van der Waals surface area (Å²) in [4.78, 5) is 8.33. The highest BCUT2D eigenvalue weighted by Crippen LogP contribution is 2.39. The van der Waals surface area contributed by atoms with Crippen LogP contribution in [0.2, 0.25) is 0 Å². The number of hydrogen-bond donors (Lipinski definition) is 2. The summed E-state index contributed by atoms with van der Waals surface area (Å²) in [5.41, 5.74) is 8.66. The van der Waals surface area contributed by atoms with Gasteiger partial charge in [-0.25, -0.2) is 9.97 Å². The Hall–Kier alpha value is -2.37. The molecule has 0 saturated heterocycles. The van der Waals surface area contributed by atoms with Gasteiger partial charge in [-0.1, -0.05) is 0 Å². The summed E-state index contributed by atoms with van der Waals surface area (Å²) in [6.07, 6.45) is 5.93. The first-order chi connectivity index (χ1) is 8.81. The average Bonchev–Trinajstić information content (AvgIpc) is 2.96. The number of nitrogens with one attached hydrogen (secondary N) is 1. The van der Waals surface area contributed by atoms with Crippen LogP contribution in [0.15, 0.2) is 24.7 Å². The molecule has 0 bridgehead atoms. The molecule has 3 aromatic rings. The first-order valence-corrected chi connectivity index (χ1v) is 5.95. The number of nitrogens with zero attached hydrogens (tertiary/aromatic N) is 4. The number of imidazole rings is 1. The van der Waals surface area contributed by atoms with Gasteiger partial charge in [-0.2, -0.15) is 5.10 Å². The smallest absolute Gasteiger partial charge is 0.160 e. The van der Waals surface area contributed by atoms with Gasteiger partial charge in [-0.15, -0.1) is 0 Å². The molecule has 1 aliphatic carbocycles. The Labute approximate surface area is 103 Å². The van der Waals surface area contributed by atoms with E-state index in [-0.39, 0.29) is 0 Å². The van der Waals surface area contributed by atoms with Gasteiger partial charge in [0, 0.05) is 23.7 Å². The molecule has 0 unspecified atom stereocenters. The molecule has 4 rings (SSSR count). The molecule has 0 aliphatic heterocycles. The fraction of sp³-hybridized carbons (Fsp3) is 0.250. The van der Waals surface area contributed by atoms with Crippen LogP contribution in [0, 0.1) is 0 Å². The molecule has 6 heteroatoms. The predicted molar refractivity (Wildman–Crippen MR) is 67.4 cm³/mol. The minimum absolute atomic E-state index is 0.488. The molecule has 3 N–H and O–H groups in total. The van der Waals surface area contributed by atoms with Crippen LogP contribution in [0.25, 0.3) is 16.9 Å². The number of nitrogen functional groups attached to an aromatic ring is 1. The Morgan fingerprint density at radius 3 is 3.00 bits per heavy atom. The van der Waals surface area contributed by atoms with E-state index in [1.165, 1.54) is 18.5 Å². The van der Waals surface area contributed by atoms with Crippen LogP contribution in [-0.2, 0) is 0 Å². The maximum absolute atomic E-state index is 5.71. The van der Waals surface area contributed by atoms with Crippen LogP contribution in [0.5, 0.6) is 0 Å². The number of pyridine rings is 1. The normalized spacial score (nSPS) is 15.3. The Balaban J connectivity index is 1.86. The highest BCUT2D eigenvalue weighted by molar-refractivity contribution is 5.78. The van der Waals surface area contributed by atoms with Gasteiger partial charge >= 0.3 is 0 Å². The maximum Gasteiger partial charge on any atom is 0.160 e. The average molecular weight is 240 g/mol. The van der Waals surface area contributed by atoms with Crippen molar-refractivity contribution in [1.29, 1.82) is 0 Å². The van der Waals surface area contributed by atoms with E-state index >= 15 is 0 Å². The van der Waals surface area contributed by atoms with Crippen molar-refractivity contribution in [3.8, 4) is 5.82 Å². The first kappa shape index (κ1) is 9.64. The lowest BCUT2D eigenvalue weighted by Gasteiger charge is -1.98. The second-order valence-electron chi connectivity index (χ2n) is 4.67. The third-order valence-electron chi connectivity index (χ3n) is 3.30. The predicted octanol–water partition coefficient (Wildman–Crippen LogP) is 1.60. The Morgan fingerprint density at radius 2 is 2.17 bits per heavy atom. The molecule has 0 radical (unpaired) electrons. The van der Waals surface area contributed by atoms with Crippen molar-refractivity contribution in [3.63, 3.8) is 0 Å². The summed E-state index contributed by atoms with van der Waals surface area (Å²) in [7, 11) is 0. The molecule has 0 aromatic carbocycles. The number of H-pyrrole nitrogens is 1. The van der Waals surface area contributed by atoms with Gasteiger partial charge < -0.3 is 5.73 Å². The van der Waals surface area contributed by atoms with E-state index < -0.39 is 0 Å². The van der Waals surface area contributed by atoms with Crippen molar-refractivity contribution in [3.05, 3.63) is 30.4 Å². The van der Waals surface area contributed by atoms with E-state index in [2.05, 4.69) is 26.2 Å². The maximum atomic E-state index is 5.71. The number of rotatable bonds is 2. The van der Waals surface area contributed by atoms with Gasteiger partial charge in [-0.05, 0) is 12.8 Å². The zero-order chi connectivity index (χ0) is 12.1. The molecule has 0 spiro atoms. The number of aromatic nitrogens is 5. The molecule has 3 aromatic heterocycles. The zero-order valence-electron chi connectivity index (χ0n) is 9.67. The Kier molecular flexibility index (Phi) is 1.78. The third kappa shape index (κ3) is 1.38. The monoisotopic (exact) mass is 240 g/mol. The lowest BCUT2D eigenvalue weighted by molar-refractivity contribution is 0.935. The Morgan fingerprint density at radius 1 is 1.28 bits per heavy atom. The SMILES string of the molecule is Nc1cc2c(cn1)ncn2-c1cc(C2CC2)[nH]n1. The summed E-state index contributed by atoms with van der Waals surface area (Å²) in [6.45, 7) is 0. The van der Waals surface area contributed by atoms with Gasteiger partial charge in [0.25, 0.3) is 0 Å². The molecular formula is C12H12N6. The standard InChI is InChI=1S/C12H12N6/c13-11-4-10-9(5-14-11)15-6-18(10)12-3-8(16-17-12)7-1-2-7/h3-7H,1-2H2,(H2,13,14)(H,16,17). The van der Waals surface area contributed by atoms with Gasteiger partial charge in [0.1, 0.15) is 17.7 Å². The number of nitrogens with two attached hydrogens (primary N) is 1. The van der Waals surface area contributed by atoms with Crippen LogP contribution in [0.3, 0.4) is 0 Å². The first-order valence-electron chi connectivity index (χ1n) is 5.95. The van der Waals surface area contributed by atoms with Gasteiger partial charge in [-0.3, -0.25) is 9.67 Å². The molecule has 0 atom stereocenters. The Bertz CT molecular complexity index is 721. The third-order valence-corrected chi connectivity index (χ3v) is 3.30. The summed E-state index contributed by atoms with van der Waals surface area (Å²) >= 11 is 0. The fourth-order valence-electron chi connectivity index (χ4n) is 2.16. The summed E-state index contributed by atoms with van der Waals surface area (Å²) in [5.74, 6) is 2.00. The second kappa shape index (κ2) is 3.32. The molecule has 1 aliphatic rings. The molecule has 6 nitrogen and oxygen atoms in total. The summed E-state index contributed by atoms with van der Waals surface area (Å²) in [6, 6.07) is 3.89. The summed E-state index contributed by atoms with van der Waals surface area (Å²) in [5, 5.41) is 7.43. The minimum Gasteiger partial charge on any atom is -0.384 e.